The zero-order valence-corrected chi connectivity index (χ0v) is 9.90. The van der Waals surface area contributed by atoms with Crippen molar-refractivity contribution in [3.05, 3.63) is 30.1 Å². The van der Waals surface area contributed by atoms with Crippen molar-refractivity contribution in [1.29, 1.82) is 0 Å². The van der Waals surface area contributed by atoms with Crippen LogP contribution in [0, 0.1) is 6.92 Å². The lowest BCUT2D eigenvalue weighted by molar-refractivity contribution is 0.710. The van der Waals surface area contributed by atoms with Crippen molar-refractivity contribution in [3.63, 3.8) is 0 Å². The molecule has 0 aliphatic carbocycles. The van der Waals surface area contributed by atoms with Crippen LogP contribution in [0.15, 0.2) is 18.7 Å². The number of nitrogens with one attached hydrogen (secondary N) is 2. The Hall–Kier alpha value is -1.36. The lowest BCUT2D eigenvalue weighted by atomic mass is 10.4. The second kappa shape index (κ2) is 5.50. The Kier molecular flexibility index (Phi) is 4.30. The predicted octanol–water partition coefficient (Wildman–Crippen LogP) is 0.879. The van der Waals surface area contributed by atoms with E-state index < -0.39 is 0 Å². The molecule has 0 spiro atoms. The Balaban J connectivity index is 2.36. The van der Waals surface area contributed by atoms with E-state index in [2.05, 4.69) is 22.3 Å². The first-order valence-electron chi connectivity index (χ1n) is 4.75. The van der Waals surface area contributed by atoms with Crippen LogP contribution in [0.25, 0.3) is 0 Å². The van der Waals surface area contributed by atoms with Gasteiger partial charge in [0.05, 0.1) is 12.2 Å². The van der Waals surface area contributed by atoms with Crippen LogP contribution >= 0.6 is 12.2 Å². The summed E-state index contributed by atoms with van der Waals surface area (Å²) in [5.41, 5.74) is 2.12. The number of rotatable bonds is 4. The molecule has 1 aromatic rings. The maximum Gasteiger partial charge on any atom is 0.166 e. The molecule has 0 atom stereocenters. The van der Waals surface area contributed by atoms with Gasteiger partial charge in [0.2, 0.25) is 0 Å². The second-order valence-corrected chi connectivity index (χ2v) is 3.66. The molecule has 1 rings (SSSR count). The van der Waals surface area contributed by atoms with Crippen LogP contribution in [0.3, 0.4) is 0 Å². The standard InChI is InChI=1S/C10H16N4S/c1-4-5-11-10(15)12-7-9-6-8(2)14(3)13-9/h4,6H,1,5,7H2,2-3H3,(H2,11,12,15). The molecule has 0 saturated carbocycles. The van der Waals surface area contributed by atoms with Crippen LogP contribution in [0.2, 0.25) is 0 Å². The second-order valence-electron chi connectivity index (χ2n) is 3.25. The summed E-state index contributed by atoms with van der Waals surface area (Å²) < 4.78 is 1.84. The highest BCUT2D eigenvalue weighted by molar-refractivity contribution is 7.80. The van der Waals surface area contributed by atoms with Crippen LogP contribution in [-0.2, 0) is 13.6 Å². The van der Waals surface area contributed by atoms with E-state index in [1.54, 1.807) is 6.08 Å². The fraction of sp³-hybridized carbons (Fsp3) is 0.400. The number of nitrogens with zero attached hydrogens (tertiary/aromatic N) is 2. The van der Waals surface area contributed by atoms with Crippen LogP contribution < -0.4 is 10.6 Å². The summed E-state index contributed by atoms with van der Waals surface area (Å²) in [6.45, 7) is 6.94. The Morgan fingerprint density at radius 3 is 2.93 bits per heavy atom. The number of aryl methyl sites for hydroxylation is 2. The zero-order chi connectivity index (χ0) is 11.3. The molecule has 0 aliphatic rings. The first-order valence-corrected chi connectivity index (χ1v) is 5.16. The fourth-order valence-electron chi connectivity index (χ4n) is 1.12. The number of hydrogen-bond donors (Lipinski definition) is 2. The lowest BCUT2D eigenvalue weighted by Gasteiger charge is -2.06. The van der Waals surface area contributed by atoms with Crippen LogP contribution in [0.5, 0.6) is 0 Å². The minimum Gasteiger partial charge on any atom is -0.359 e. The van der Waals surface area contributed by atoms with Gasteiger partial charge in [-0.05, 0) is 25.2 Å². The topological polar surface area (TPSA) is 41.9 Å². The normalized spacial score (nSPS) is 9.73. The molecule has 0 aromatic carbocycles. The minimum atomic E-state index is 0.623. The van der Waals surface area contributed by atoms with Crippen molar-refractivity contribution in [2.45, 2.75) is 13.5 Å². The van der Waals surface area contributed by atoms with Gasteiger partial charge in [0, 0.05) is 19.3 Å². The summed E-state index contributed by atoms with van der Waals surface area (Å²) in [6, 6.07) is 2.03. The van der Waals surface area contributed by atoms with E-state index in [-0.39, 0.29) is 0 Å². The molecule has 82 valence electrons. The molecule has 0 saturated heterocycles. The Labute approximate surface area is 95.4 Å². The molecular weight excluding hydrogens is 208 g/mol. The fourth-order valence-corrected chi connectivity index (χ4v) is 1.28. The van der Waals surface area contributed by atoms with Crippen molar-refractivity contribution in [2.75, 3.05) is 6.54 Å². The molecule has 0 radical (unpaired) electrons. The summed E-state index contributed by atoms with van der Waals surface area (Å²) in [5, 5.41) is 11.0. The lowest BCUT2D eigenvalue weighted by Crippen LogP contribution is -2.34. The number of hydrogen-bond acceptors (Lipinski definition) is 2. The zero-order valence-electron chi connectivity index (χ0n) is 9.08. The van der Waals surface area contributed by atoms with Crippen LogP contribution in [0.4, 0.5) is 0 Å². The maximum absolute atomic E-state index is 5.05. The molecule has 15 heavy (non-hydrogen) atoms. The molecular formula is C10H16N4S. The van der Waals surface area contributed by atoms with E-state index in [1.165, 1.54) is 0 Å². The summed E-state index contributed by atoms with van der Waals surface area (Å²) in [7, 11) is 1.92. The van der Waals surface area contributed by atoms with E-state index in [0.29, 0.717) is 18.2 Å². The quantitative estimate of drug-likeness (QED) is 0.588. The van der Waals surface area contributed by atoms with Crippen molar-refractivity contribution < 1.29 is 0 Å². The molecule has 0 unspecified atom stereocenters. The van der Waals surface area contributed by atoms with Gasteiger partial charge in [-0.2, -0.15) is 5.10 Å². The highest BCUT2D eigenvalue weighted by atomic mass is 32.1. The molecule has 0 fully saturated rings. The molecule has 1 aromatic heterocycles. The summed E-state index contributed by atoms with van der Waals surface area (Å²) in [6.07, 6.45) is 1.76. The SMILES string of the molecule is C=CCNC(=S)NCc1cc(C)n(C)n1. The Morgan fingerprint density at radius 1 is 1.67 bits per heavy atom. The van der Waals surface area contributed by atoms with Gasteiger partial charge < -0.3 is 10.6 Å². The van der Waals surface area contributed by atoms with Gasteiger partial charge in [-0.3, -0.25) is 4.68 Å². The highest BCUT2D eigenvalue weighted by Gasteiger charge is 2.01. The summed E-state index contributed by atoms with van der Waals surface area (Å²) in [5.74, 6) is 0. The van der Waals surface area contributed by atoms with E-state index in [0.717, 1.165) is 11.4 Å². The van der Waals surface area contributed by atoms with E-state index >= 15 is 0 Å². The third-order valence-corrected chi connectivity index (χ3v) is 2.29. The molecule has 0 bridgehead atoms. The largest absolute Gasteiger partial charge is 0.359 e. The van der Waals surface area contributed by atoms with Crippen molar-refractivity contribution in [3.8, 4) is 0 Å². The van der Waals surface area contributed by atoms with Gasteiger partial charge in [0.15, 0.2) is 5.11 Å². The summed E-state index contributed by atoms with van der Waals surface area (Å²) >= 11 is 5.05. The highest BCUT2D eigenvalue weighted by Crippen LogP contribution is 2.00. The predicted molar refractivity (Wildman–Crippen MR) is 65.6 cm³/mol. The monoisotopic (exact) mass is 224 g/mol. The smallest absolute Gasteiger partial charge is 0.166 e. The van der Waals surface area contributed by atoms with E-state index in [9.17, 15) is 0 Å². The van der Waals surface area contributed by atoms with E-state index in [1.807, 2.05) is 24.7 Å². The molecule has 5 heteroatoms. The van der Waals surface area contributed by atoms with Crippen LogP contribution in [-0.4, -0.2) is 21.4 Å². The third kappa shape index (κ3) is 3.71. The first kappa shape index (κ1) is 11.7. The van der Waals surface area contributed by atoms with Gasteiger partial charge in [0.25, 0.3) is 0 Å². The summed E-state index contributed by atoms with van der Waals surface area (Å²) in [4.78, 5) is 0. The molecule has 2 N–H and O–H groups in total. The van der Waals surface area contributed by atoms with Gasteiger partial charge >= 0.3 is 0 Å². The van der Waals surface area contributed by atoms with E-state index in [4.69, 9.17) is 12.2 Å². The molecule has 4 nitrogen and oxygen atoms in total. The van der Waals surface area contributed by atoms with Gasteiger partial charge in [-0.1, -0.05) is 6.08 Å². The number of thiocarbonyl (C=S) groups is 1. The Morgan fingerprint density at radius 2 is 2.40 bits per heavy atom. The Bertz CT molecular complexity index is 337. The average molecular weight is 224 g/mol. The third-order valence-electron chi connectivity index (χ3n) is 2.00. The van der Waals surface area contributed by atoms with Gasteiger partial charge in [-0.15, -0.1) is 6.58 Å². The van der Waals surface area contributed by atoms with Gasteiger partial charge in [0.1, 0.15) is 0 Å². The maximum atomic E-state index is 5.05. The van der Waals surface area contributed by atoms with Crippen LogP contribution in [0.1, 0.15) is 11.4 Å². The average Bonchev–Trinajstić information content (AvgIpc) is 2.52. The van der Waals surface area contributed by atoms with Crippen molar-refractivity contribution >= 4 is 17.3 Å². The van der Waals surface area contributed by atoms with Crippen molar-refractivity contribution in [1.82, 2.24) is 20.4 Å². The van der Waals surface area contributed by atoms with Crippen molar-refractivity contribution in [2.24, 2.45) is 7.05 Å². The first-order chi connectivity index (χ1) is 7.13. The van der Waals surface area contributed by atoms with Gasteiger partial charge in [-0.25, -0.2) is 0 Å². The minimum absolute atomic E-state index is 0.623. The molecule has 0 amide bonds. The molecule has 1 heterocycles. The number of aromatic nitrogens is 2. The molecule has 0 aliphatic heterocycles.